The van der Waals surface area contributed by atoms with E-state index in [9.17, 15) is 14.7 Å². The highest BCUT2D eigenvalue weighted by Crippen LogP contribution is 2.37. The first-order valence-electron chi connectivity index (χ1n) is 5.33. The third-order valence-electron chi connectivity index (χ3n) is 2.81. The average Bonchev–Trinajstić information content (AvgIpc) is 2.61. The number of rotatable bonds is 3. The van der Waals surface area contributed by atoms with Gasteiger partial charge in [-0.2, -0.15) is 0 Å². The van der Waals surface area contributed by atoms with E-state index < -0.39 is 6.10 Å². The Hall–Kier alpha value is -1.53. The maximum atomic E-state index is 11.6. The molecule has 1 unspecified atom stereocenters. The number of nitrogens with zero attached hydrogens (tertiary/aromatic N) is 1. The van der Waals surface area contributed by atoms with E-state index in [1.807, 2.05) is 0 Å². The van der Waals surface area contributed by atoms with Gasteiger partial charge in [0.1, 0.15) is 0 Å². The molecule has 1 aromatic rings. The van der Waals surface area contributed by atoms with Crippen LogP contribution >= 0.6 is 11.8 Å². The first-order valence-corrected chi connectivity index (χ1v) is 6.32. The summed E-state index contributed by atoms with van der Waals surface area (Å²) in [6.07, 6.45) is -1.08. The zero-order valence-corrected chi connectivity index (χ0v) is 10.9. The number of esters is 1. The molecule has 0 radical (unpaired) electrons. The van der Waals surface area contributed by atoms with Gasteiger partial charge < -0.3 is 14.7 Å². The molecule has 1 aliphatic rings. The summed E-state index contributed by atoms with van der Waals surface area (Å²) < 4.78 is 4.56. The van der Waals surface area contributed by atoms with Crippen LogP contribution in [-0.4, -0.2) is 36.9 Å². The van der Waals surface area contributed by atoms with Gasteiger partial charge in [0.05, 0.1) is 18.6 Å². The summed E-state index contributed by atoms with van der Waals surface area (Å²) in [5, 5.41) is 9.70. The van der Waals surface area contributed by atoms with Crippen molar-refractivity contribution < 1.29 is 19.4 Å². The van der Waals surface area contributed by atoms with Crippen LogP contribution in [0.3, 0.4) is 0 Å². The molecule has 0 aliphatic carbocycles. The van der Waals surface area contributed by atoms with E-state index >= 15 is 0 Å². The minimum absolute atomic E-state index is 0.218. The van der Waals surface area contributed by atoms with Crippen molar-refractivity contribution in [2.75, 3.05) is 24.8 Å². The Morgan fingerprint density at radius 1 is 1.56 bits per heavy atom. The van der Waals surface area contributed by atoms with Crippen molar-refractivity contribution in [2.45, 2.75) is 11.0 Å². The first kappa shape index (κ1) is 12.9. The minimum atomic E-state index is -1.08. The van der Waals surface area contributed by atoms with Gasteiger partial charge in [-0.15, -0.1) is 11.8 Å². The molecule has 1 atom stereocenters. The smallest absolute Gasteiger partial charge is 0.315 e. The monoisotopic (exact) mass is 267 g/mol. The summed E-state index contributed by atoms with van der Waals surface area (Å²) in [5.74, 6) is -0.416. The number of thioether (sulfide) groups is 1. The lowest BCUT2D eigenvalue weighted by atomic mass is 10.1. The number of aliphatic hydroxyl groups is 1. The number of fused-ring (bicyclic) bond motifs is 1. The number of ether oxygens (including phenoxy) is 1. The molecule has 0 bridgehead atoms. The summed E-state index contributed by atoms with van der Waals surface area (Å²) in [6, 6.07) is 5.28. The van der Waals surface area contributed by atoms with Crippen LogP contribution in [-0.2, 0) is 14.3 Å². The molecule has 0 fully saturated rings. The van der Waals surface area contributed by atoms with Crippen LogP contribution in [0.25, 0.3) is 0 Å². The normalized spacial score (nSPS) is 17.8. The molecule has 96 valence electrons. The van der Waals surface area contributed by atoms with Gasteiger partial charge >= 0.3 is 5.97 Å². The fraction of sp³-hybridized carbons (Fsp3) is 0.333. The van der Waals surface area contributed by atoms with Crippen molar-refractivity contribution in [3.8, 4) is 0 Å². The lowest BCUT2D eigenvalue weighted by Gasteiger charge is -2.10. The van der Waals surface area contributed by atoms with Crippen molar-refractivity contribution in [1.82, 2.24) is 0 Å². The van der Waals surface area contributed by atoms with E-state index in [0.717, 1.165) is 4.90 Å². The second-order valence-electron chi connectivity index (χ2n) is 3.89. The van der Waals surface area contributed by atoms with E-state index in [-0.39, 0.29) is 17.6 Å². The molecule has 6 heteroatoms. The van der Waals surface area contributed by atoms with Crippen molar-refractivity contribution in [2.24, 2.45) is 0 Å². The summed E-state index contributed by atoms with van der Waals surface area (Å²) in [6.45, 7) is 0. The van der Waals surface area contributed by atoms with Gasteiger partial charge in [0, 0.05) is 17.5 Å². The summed E-state index contributed by atoms with van der Waals surface area (Å²) >= 11 is 1.33. The Kier molecular flexibility index (Phi) is 3.58. The molecule has 0 saturated carbocycles. The highest BCUT2D eigenvalue weighted by molar-refractivity contribution is 8.00. The second-order valence-corrected chi connectivity index (χ2v) is 4.93. The summed E-state index contributed by atoms with van der Waals surface area (Å²) in [7, 11) is 2.96. The zero-order valence-electron chi connectivity index (χ0n) is 10.0. The van der Waals surface area contributed by atoms with Crippen LogP contribution in [0.5, 0.6) is 0 Å². The zero-order chi connectivity index (χ0) is 13.3. The number of anilines is 1. The standard InChI is InChI=1S/C12H13NO4S/c1-13-9-5-7(18-6-10(14)17-2)3-4-8(9)11(15)12(13)16/h3-5,11,15H,6H2,1-2H3. The van der Waals surface area contributed by atoms with E-state index in [2.05, 4.69) is 4.74 Å². The van der Waals surface area contributed by atoms with E-state index in [1.165, 1.54) is 23.8 Å². The Bertz CT molecular complexity index is 503. The van der Waals surface area contributed by atoms with Crippen molar-refractivity contribution in [3.63, 3.8) is 0 Å². The van der Waals surface area contributed by atoms with Gasteiger partial charge in [0.25, 0.3) is 5.91 Å². The molecule has 1 aromatic carbocycles. The van der Waals surface area contributed by atoms with Crippen LogP contribution in [0, 0.1) is 0 Å². The van der Waals surface area contributed by atoms with Crippen molar-refractivity contribution in [3.05, 3.63) is 23.8 Å². The Labute approximate surface area is 109 Å². The molecule has 1 N–H and O–H groups in total. The molecule has 0 saturated heterocycles. The molecule has 18 heavy (non-hydrogen) atoms. The van der Waals surface area contributed by atoms with E-state index in [0.29, 0.717) is 11.3 Å². The number of methoxy groups -OCH3 is 1. The Morgan fingerprint density at radius 2 is 2.28 bits per heavy atom. The summed E-state index contributed by atoms with van der Waals surface area (Å²) in [4.78, 5) is 24.9. The highest BCUT2D eigenvalue weighted by atomic mass is 32.2. The number of amides is 1. The fourth-order valence-electron chi connectivity index (χ4n) is 1.77. The number of aliphatic hydroxyl groups excluding tert-OH is 1. The quantitative estimate of drug-likeness (QED) is 0.652. The van der Waals surface area contributed by atoms with Crippen LogP contribution in [0.1, 0.15) is 11.7 Å². The SMILES string of the molecule is COC(=O)CSc1ccc2c(c1)N(C)C(=O)C2O. The molecule has 1 heterocycles. The maximum absolute atomic E-state index is 11.6. The Morgan fingerprint density at radius 3 is 2.94 bits per heavy atom. The van der Waals surface area contributed by atoms with Crippen molar-refractivity contribution in [1.29, 1.82) is 0 Å². The third-order valence-corrected chi connectivity index (χ3v) is 3.77. The Balaban J connectivity index is 2.19. The molecular formula is C12H13NO4S. The molecule has 1 amide bonds. The van der Waals surface area contributed by atoms with Crippen LogP contribution in [0.15, 0.2) is 23.1 Å². The number of hydrogen-bond acceptors (Lipinski definition) is 5. The van der Waals surface area contributed by atoms with E-state index in [1.54, 1.807) is 25.2 Å². The minimum Gasteiger partial charge on any atom is -0.468 e. The van der Waals surface area contributed by atoms with Gasteiger partial charge in [-0.3, -0.25) is 9.59 Å². The van der Waals surface area contributed by atoms with Gasteiger partial charge in [0.15, 0.2) is 6.10 Å². The number of carbonyl (C=O) groups is 2. The maximum Gasteiger partial charge on any atom is 0.315 e. The second kappa shape index (κ2) is 4.99. The number of likely N-dealkylation sites (N-methyl/N-ethyl adjacent to an activating group) is 1. The molecule has 1 aliphatic heterocycles. The molecule has 2 rings (SSSR count). The number of hydrogen-bond donors (Lipinski definition) is 1. The lowest BCUT2D eigenvalue weighted by molar-refractivity contribution is -0.137. The molecule has 5 nitrogen and oxygen atoms in total. The van der Waals surface area contributed by atoms with Gasteiger partial charge in [-0.05, 0) is 12.1 Å². The van der Waals surface area contributed by atoms with Gasteiger partial charge in [0.2, 0.25) is 0 Å². The largest absolute Gasteiger partial charge is 0.468 e. The van der Waals surface area contributed by atoms with E-state index in [4.69, 9.17) is 0 Å². The third kappa shape index (κ3) is 2.21. The topological polar surface area (TPSA) is 66.8 Å². The van der Waals surface area contributed by atoms with Gasteiger partial charge in [-0.25, -0.2) is 0 Å². The van der Waals surface area contributed by atoms with Crippen LogP contribution in [0.2, 0.25) is 0 Å². The first-order chi connectivity index (χ1) is 8.54. The predicted molar refractivity (Wildman–Crippen MR) is 67.6 cm³/mol. The molecule has 0 spiro atoms. The number of carbonyl (C=O) groups excluding carboxylic acids is 2. The van der Waals surface area contributed by atoms with Gasteiger partial charge in [-0.1, -0.05) is 6.07 Å². The molecule has 0 aromatic heterocycles. The number of benzene rings is 1. The van der Waals surface area contributed by atoms with Crippen molar-refractivity contribution >= 4 is 29.3 Å². The fourth-order valence-corrected chi connectivity index (χ4v) is 2.53. The average molecular weight is 267 g/mol. The van der Waals surface area contributed by atoms with Crippen LogP contribution in [0.4, 0.5) is 5.69 Å². The predicted octanol–water partition coefficient (Wildman–Crippen LogP) is 0.961. The summed E-state index contributed by atoms with van der Waals surface area (Å²) in [5.41, 5.74) is 1.28. The highest BCUT2D eigenvalue weighted by Gasteiger charge is 2.33. The lowest BCUT2D eigenvalue weighted by Crippen LogP contribution is -2.23. The van der Waals surface area contributed by atoms with Crippen LogP contribution < -0.4 is 4.90 Å². The molecular weight excluding hydrogens is 254 g/mol.